The summed E-state index contributed by atoms with van der Waals surface area (Å²) in [4.78, 5) is 26.2. The van der Waals surface area contributed by atoms with E-state index in [9.17, 15) is 9.59 Å². The lowest BCUT2D eigenvalue weighted by molar-refractivity contribution is 0.0926. The van der Waals surface area contributed by atoms with Crippen molar-refractivity contribution in [3.63, 3.8) is 0 Å². The number of rotatable bonds is 3. The number of hydrogen-bond acceptors (Lipinski definition) is 4. The number of aliphatic hydroxyl groups is 1. The number of imide groups is 1. The lowest BCUT2D eigenvalue weighted by Crippen LogP contribution is -2.29. The molecule has 1 aliphatic heterocycles. The summed E-state index contributed by atoms with van der Waals surface area (Å²) < 4.78 is 1.64. The molecule has 2 aromatic carbocycles. The highest BCUT2D eigenvalue weighted by Gasteiger charge is 2.36. The lowest BCUT2D eigenvalue weighted by Gasteiger charge is -2.13. The Hall–Kier alpha value is -2.99. The molecule has 0 aliphatic carbocycles. The van der Waals surface area contributed by atoms with Crippen LogP contribution in [0.25, 0.3) is 10.9 Å². The molecule has 2 heterocycles. The summed E-state index contributed by atoms with van der Waals surface area (Å²) in [5, 5.41) is 14.1. The van der Waals surface area contributed by atoms with Gasteiger partial charge >= 0.3 is 0 Å². The Labute approximate surface area is 131 Å². The normalized spacial score (nSPS) is 13.9. The molecule has 1 aliphatic rings. The van der Waals surface area contributed by atoms with Crippen molar-refractivity contribution < 1.29 is 14.7 Å². The number of aliphatic hydroxyl groups excluding tert-OH is 1. The third kappa shape index (κ3) is 2.03. The molecule has 1 N–H and O–H groups in total. The van der Waals surface area contributed by atoms with E-state index < -0.39 is 0 Å². The first-order chi connectivity index (χ1) is 11.2. The number of nitrogens with zero attached hydrogens (tertiary/aromatic N) is 3. The molecule has 0 spiro atoms. The Morgan fingerprint density at radius 2 is 1.70 bits per heavy atom. The summed E-state index contributed by atoms with van der Waals surface area (Å²) in [5.74, 6) is -0.625. The van der Waals surface area contributed by atoms with Crippen LogP contribution in [-0.2, 0) is 6.54 Å². The molecule has 0 unspecified atom stereocenters. The number of carbonyl (C=O) groups is 2. The predicted octanol–water partition coefficient (Wildman–Crippen LogP) is 1.83. The molecule has 2 amide bonds. The van der Waals surface area contributed by atoms with E-state index in [4.69, 9.17) is 5.11 Å². The molecular formula is C17H13N3O3. The van der Waals surface area contributed by atoms with Crippen molar-refractivity contribution >= 4 is 28.4 Å². The molecule has 4 rings (SSSR count). The van der Waals surface area contributed by atoms with Crippen LogP contribution in [0, 0.1) is 0 Å². The minimum atomic E-state index is -0.312. The molecule has 0 saturated carbocycles. The van der Waals surface area contributed by atoms with Gasteiger partial charge in [-0.3, -0.25) is 14.3 Å². The van der Waals surface area contributed by atoms with Gasteiger partial charge in [0.1, 0.15) is 0 Å². The van der Waals surface area contributed by atoms with Gasteiger partial charge in [0.05, 0.1) is 35.5 Å². The number of hydrogen-bond donors (Lipinski definition) is 1. The van der Waals surface area contributed by atoms with Crippen LogP contribution < -0.4 is 4.90 Å². The Morgan fingerprint density at radius 3 is 2.35 bits per heavy atom. The SMILES string of the molecule is O=C1c2ccccc2C(=O)N1c1ccc2nn(CCO)cc2c1. The molecule has 114 valence electrons. The van der Waals surface area contributed by atoms with Crippen molar-refractivity contribution in [1.82, 2.24) is 9.78 Å². The second-order valence-electron chi connectivity index (χ2n) is 5.35. The van der Waals surface area contributed by atoms with Gasteiger partial charge in [-0.25, -0.2) is 4.90 Å². The van der Waals surface area contributed by atoms with E-state index >= 15 is 0 Å². The van der Waals surface area contributed by atoms with Crippen molar-refractivity contribution in [1.29, 1.82) is 0 Å². The summed E-state index contributed by atoms with van der Waals surface area (Å²) in [6.45, 7) is 0.399. The second kappa shape index (κ2) is 5.03. The fourth-order valence-electron chi connectivity index (χ4n) is 2.84. The lowest BCUT2D eigenvalue weighted by atomic mass is 10.1. The second-order valence-corrected chi connectivity index (χ2v) is 5.35. The van der Waals surface area contributed by atoms with E-state index in [2.05, 4.69) is 5.10 Å². The average Bonchev–Trinajstić information content (AvgIpc) is 3.07. The van der Waals surface area contributed by atoms with E-state index in [1.54, 1.807) is 53.3 Å². The van der Waals surface area contributed by atoms with Gasteiger partial charge in [0.25, 0.3) is 11.8 Å². The Bertz CT molecular complexity index is 910. The van der Waals surface area contributed by atoms with Gasteiger partial charge in [0.2, 0.25) is 0 Å². The average molecular weight is 307 g/mol. The summed E-state index contributed by atoms with van der Waals surface area (Å²) >= 11 is 0. The number of aromatic nitrogens is 2. The maximum absolute atomic E-state index is 12.5. The zero-order valence-corrected chi connectivity index (χ0v) is 12.1. The largest absolute Gasteiger partial charge is 0.394 e. The van der Waals surface area contributed by atoms with Crippen LogP contribution >= 0.6 is 0 Å². The summed E-state index contributed by atoms with van der Waals surface area (Å²) in [6, 6.07) is 12.0. The van der Waals surface area contributed by atoms with E-state index in [0.29, 0.717) is 23.4 Å². The van der Waals surface area contributed by atoms with Gasteiger partial charge in [0, 0.05) is 11.6 Å². The number of benzene rings is 2. The van der Waals surface area contributed by atoms with Crippen molar-refractivity contribution in [2.45, 2.75) is 6.54 Å². The minimum absolute atomic E-state index is 0.000742. The molecular weight excluding hydrogens is 294 g/mol. The molecule has 0 atom stereocenters. The Morgan fingerprint density at radius 1 is 1.00 bits per heavy atom. The van der Waals surface area contributed by atoms with Gasteiger partial charge in [-0.05, 0) is 30.3 Å². The standard InChI is InChI=1S/C17H13N3O3/c21-8-7-19-10-11-9-12(5-6-15(11)18-19)20-16(22)13-3-1-2-4-14(13)17(20)23/h1-6,9-10,21H,7-8H2. The Balaban J connectivity index is 1.78. The summed E-state index contributed by atoms with van der Waals surface area (Å²) in [7, 11) is 0. The van der Waals surface area contributed by atoms with Crippen LogP contribution in [0.3, 0.4) is 0 Å². The van der Waals surface area contributed by atoms with E-state index in [0.717, 1.165) is 10.9 Å². The van der Waals surface area contributed by atoms with E-state index in [1.165, 1.54) is 4.90 Å². The Kier molecular flexibility index (Phi) is 2.99. The smallest absolute Gasteiger partial charge is 0.266 e. The first-order valence-corrected chi connectivity index (χ1v) is 7.25. The maximum Gasteiger partial charge on any atom is 0.266 e. The zero-order chi connectivity index (χ0) is 16.0. The molecule has 1 aromatic heterocycles. The third-order valence-corrected chi connectivity index (χ3v) is 3.92. The molecule has 0 bridgehead atoms. The van der Waals surface area contributed by atoms with Crippen LogP contribution in [0.15, 0.2) is 48.7 Å². The van der Waals surface area contributed by atoms with Crippen LogP contribution in [0.1, 0.15) is 20.7 Å². The van der Waals surface area contributed by atoms with Gasteiger partial charge in [0.15, 0.2) is 0 Å². The molecule has 0 fully saturated rings. The number of anilines is 1. The number of fused-ring (bicyclic) bond motifs is 2. The fourth-order valence-corrected chi connectivity index (χ4v) is 2.84. The van der Waals surface area contributed by atoms with E-state index in [1.807, 2.05) is 0 Å². The third-order valence-electron chi connectivity index (χ3n) is 3.92. The number of amides is 2. The summed E-state index contributed by atoms with van der Waals surface area (Å²) in [5.41, 5.74) is 2.12. The van der Waals surface area contributed by atoms with Crippen molar-refractivity contribution in [2.75, 3.05) is 11.5 Å². The quantitative estimate of drug-likeness (QED) is 0.749. The molecule has 23 heavy (non-hydrogen) atoms. The summed E-state index contributed by atoms with van der Waals surface area (Å²) in [6.07, 6.45) is 1.78. The first-order valence-electron chi connectivity index (χ1n) is 7.25. The minimum Gasteiger partial charge on any atom is -0.394 e. The van der Waals surface area contributed by atoms with Crippen molar-refractivity contribution in [3.05, 3.63) is 59.8 Å². The highest BCUT2D eigenvalue weighted by Crippen LogP contribution is 2.30. The van der Waals surface area contributed by atoms with Crippen molar-refractivity contribution in [2.24, 2.45) is 0 Å². The molecule has 0 radical (unpaired) electrons. The first kappa shape index (κ1) is 13.7. The zero-order valence-electron chi connectivity index (χ0n) is 12.1. The van der Waals surface area contributed by atoms with Gasteiger partial charge < -0.3 is 5.11 Å². The molecule has 6 nitrogen and oxygen atoms in total. The van der Waals surface area contributed by atoms with Crippen LogP contribution in [0.4, 0.5) is 5.69 Å². The predicted molar refractivity (Wildman–Crippen MR) is 84.4 cm³/mol. The van der Waals surface area contributed by atoms with Gasteiger partial charge in [-0.2, -0.15) is 5.10 Å². The van der Waals surface area contributed by atoms with Crippen LogP contribution in [-0.4, -0.2) is 33.3 Å². The molecule has 3 aromatic rings. The highest BCUT2D eigenvalue weighted by atomic mass is 16.3. The molecule has 6 heteroatoms. The van der Waals surface area contributed by atoms with E-state index in [-0.39, 0.29) is 18.4 Å². The van der Waals surface area contributed by atoms with Gasteiger partial charge in [-0.1, -0.05) is 12.1 Å². The van der Waals surface area contributed by atoms with Gasteiger partial charge in [-0.15, -0.1) is 0 Å². The van der Waals surface area contributed by atoms with Crippen LogP contribution in [0.5, 0.6) is 0 Å². The van der Waals surface area contributed by atoms with Crippen molar-refractivity contribution in [3.8, 4) is 0 Å². The monoisotopic (exact) mass is 307 g/mol. The fraction of sp³-hybridized carbons (Fsp3) is 0.118. The van der Waals surface area contributed by atoms with Crippen LogP contribution in [0.2, 0.25) is 0 Å². The number of carbonyl (C=O) groups excluding carboxylic acids is 2. The maximum atomic E-state index is 12.5. The highest BCUT2D eigenvalue weighted by molar-refractivity contribution is 6.34. The topological polar surface area (TPSA) is 75.4 Å². The molecule has 0 saturated heterocycles.